The zero-order valence-corrected chi connectivity index (χ0v) is 10.5. The largest absolute Gasteiger partial charge is 0.357 e. The van der Waals surface area contributed by atoms with E-state index in [1.807, 2.05) is 0 Å². The highest BCUT2D eigenvalue weighted by molar-refractivity contribution is 5.86. The number of nitrogens with one attached hydrogen (secondary N) is 2. The summed E-state index contributed by atoms with van der Waals surface area (Å²) in [6, 6.07) is 7.02. The molecular formula is C14H20N2. The van der Waals surface area contributed by atoms with Crippen molar-refractivity contribution in [3.05, 3.63) is 35.0 Å². The van der Waals surface area contributed by atoms with Gasteiger partial charge < -0.3 is 10.3 Å². The summed E-state index contributed by atoms with van der Waals surface area (Å²) in [5, 5.41) is 4.78. The van der Waals surface area contributed by atoms with Crippen LogP contribution in [-0.4, -0.2) is 11.5 Å². The lowest BCUT2D eigenvalue weighted by atomic mass is 10.1. The van der Waals surface area contributed by atoms with Gasteiger partial charge in [0.1, 0.15) is 0 Å². The maximum Gasteiger partial charge on any atom is 0.0488 e. The summed E-state index contributed by atoms with van der Waals surface area (Å²) in [6.07, 6.45) is 0. The van der Waals surface area contributed by atoms with E-state index in [0.29, 0.717) is 6.04 Å². The highest BCUT2D eigenvalue weighted by atomic mass is 14.9. The molecule has 2 rings (SSSR count). The minimum atomic E-state index is 0.385. The highest BCUT2D eigenvalue weighted by Gasteiger charge is 2.09. The average molecular weight is 216 g/mol. The fourth-order valence-corrected chi connectivity index (χ4v) is 2.17. The number of aromatic amines is 1. The number of benzene rings is 1. The van der Waals surface area contributed by atoms with Gasteiger partial charge in [0, 0.05) is 22.6 Å². The number of hydrogen-bond acceptors (Lipinski definition) is 1. The standard InChI is InChI=1S/C14H20N2/c1-5-15-11(4)13-8-12-9(2)6-7-10(3)14(12)16-13/h6-8,11,15-16H,5H2,1-4H3. The van der Waals surface area contributed by atoms with Crippen LogP contribution in [0.4, 0.5) is 0 Å². The summed E-state index contributed by atoms with van der Waals surface area (Å²) in [5.41, 5.74) is 5.20. The van der Waals surface area contributed by atoms with E-state index in [4.69, 9.17) is 0 Å². The molecule has 1 aromatic carbocycles. The van der Waals surface area contributed by atoms with Crippen molar-refractivity contribution in [3.8, 4) is 0 Å². The smallest absolute Gasteiger partial charge is 0.0488 e. The van der Waals surface area contributed by atoms with Crippen LogP contribution in [0, 0.1) is 13.8 Å². The molecule has 1 aromatic heterocycles. The second kappa shape index (κ2) is 4.30. The van der Waals surface area contributed by atoms with Crippen LogP contribution in [-0.2, 0) is 0 Å². The van der Waals surface area contributed by atoms with E-state index in [9.17, 15) is 0 Å². The number of hydrogen-bond donors (Lipinski definition) is 2. The van der Waals surface area contributed by atoms with Crippen LogP contribution in [0.2, 0.25) is 0 Å². The van der Waals surface area contributed by atoms with Crippen LogP contribution in [0.5, 0.6) is 0 Å². The highest BCUT2D eigenvalue weighted by Crippen LogP contribution is 2.25. The van der Waals surface area contributed by atoms with Crippen molar-refractivity contribution in [2.45, 2.75) is 33.7 Å². The summed E-state index contributed by atoms with van der Waals surface area (Å²) in [6.45, 7) is 9.64. The van der Waals surface area contributed by atoms with E-state index in [0.717, 1.165) is 6.54 Å². The Morgan fingerprint density at radius 1 is 1.25 bits per heavy atom. The molecule has 16 heavy (non-hydrogen) atoms. The molecule has 1 unspecified atom stereocenters. The van der Waals surface area contributed by atoms with E-state index in [1.165, 1.54) is 27.7 Å². The zero-order chi connectivity index (χ0) is 11.7. The third kappa shape index (κ3) is 1.85. The summed E-state index contributed by atoms with van der Waals surface area (Å²) in [4.78, 5) is 3.53. The van der Waals surface area contributed by atoms with E-state index in [-0.39, 0.29) is 0 Å². The molecule has 1 atom stereocenters. The van der Waals surface area contributed by atoms with Crippen molar-refractivity contribution < 1.29 is 0 Å². The Balaban J connectivity index is 2.51. The Kier molecular flexibility index (Phi) is 3.01. The first-order valence-electron chi connectivity index (χ1n) is 5.95. The molecule has 2 aromatic rings. The van der Waals surface area contributed by atoms with Crippen LogP contribution >= 0.6 is 0 Å². The second-order valence-corrected chi connectivity index (χ2v) is 4.49. The predicted molar refractivity (Wildman–Crippen MR) is 69.9 cm³/mol. The van der Waals surface area contributed by atoms with Gasteiger partial charge in [0.25, 0.3) is 0 Å². The van der Waals surface area contributed by atoms with Gasteiger partial charge in [-0.15, -0.1) is 0 Å². The molecule has 0 amide bonds. The maximum absolute atomic E-state index is 3.53. The molecule has 2 heteroatoms. The lowest BCUT2D eigenvalue weighted by Gasteiger charge is -2.09. The van der Waals surface area contributed by atoms with Gasteiger partial charge in [-0.1, -0.05) is 19.1 Å². The van der Waals surface area contributed by atoms with E-state index in [2.05, 4.69) is 56.2 Å². The fourth-order valence-electron chi connectivity index (χ4n) is 2.17. The van der Waals surface area contributed by atoms with Crippen molar-refractivity contribution in [2.24, 2.45) is 0 Å². The van der Waals surface area contributed by atoms with Crippen molar-refractivity contribution in [3.63, 3.8) is 0 Å². The second-order valence-electron chi connectivity index (χ2n) is 4.49. The molecule has 0 saturated heterocycles. The number of H-pyrrole nitrogens is 1. The molecule has 0 bridgehead atoms. The van der Waals surface area contributed by atoms with Crippen molar-refractivity contribution in [1.82, 2.24) is 10.3 Å². The lowest BCUT2D eigenvalue weighted by Crippen LogP contribution is -2.17. The van der Waals surface area contributed by atoms with Gasteiger partial charge in [0.2, 0.25) is 0 Å². The third-order valence-corrected chi connectivity index (χ3v) is 3.22. The van der Waals surface area contributed by atoms with Crippen LogP contribution in [0.15, 0.2) is 18.2 Å². The Morgan fingerprint density at radius 3 is 2.56 bits per heavy atom. The molecular weight excluding hydrogens is 196 g/mol. The van der Waals surface area contributed by atoms with Gasteiger partial charge in [-0.05, 0) is 44.5 Å². The number of aryl methyl sites for hydroxylation is 2. The number of fused-ring (bicyclic) bond motifs is 1. The normalized spacial score (nSPS) is 13.2. The third-order valence-electron chi connectivity index (χ3n) is 3.22. The van der Waals surface area contributed by atoms with Crippen molar-refractivity contribution in [2.75, 3.05) is 6.54 Å². The van der Waals surface area contributed by atoms with Crippen LogP contribution in [0.3, 0.4) is 0 Å². The molecule has 2 nitrogen and oxygen atoms in total. The van der Waals surface area contributed by atoms with E-state index in [1.54, 1.807) is 0 Å². The number of rotatable bonds is 3. The van der Waals surface area contributed by atoms with Crippen LogP contribution < -0.4 is 5.32 Å². The monoisotopic (exact) mass is 216 g/mol. The molecule has 1 heterocycles. The van der Waals surface area contributed by atoms with Gasteiger partial charge in [-0.25, -0.2) is 0 Å². The van der Waals surface area contributed by atoms with Gasteiger partial charge in [-0.2, -0.15) is 0 Å². The predicted octanol–water partition coefficient (Wildman–Crippen LogP) is 3.46. The minimum Gasteiger partial charge on any atom is -0.357 e. The SMILES string of the molecule is CCNC(C)c1cc2c(C)ccc(C)c2[nH]1. The minimum absolute atomic E-state index is 0.385. The molecule has 0 spiro atoms. The van der Waals surface area contributed by atoms with Gasteiger partial charge in [0.05, 0.1) is 0 Å². The van der Waals surface area contributed by atoms with E-state index < -0.39 is 0 Å². The van der Waals surface area contributed by atoms with Crippen molar-refractivity contribution >= 4 is 10.9 Å². The Morgan fingerprint density at radius 2 is 1.94 bits per heavy atom. The summed E-state index contributed by atoms with van der Waals surface area (Å²) < 4.78 is 0. The molecule has 86 valence electrons. The molecule has 2 N–H and O–H groups in total. The van der Waals surface area contributed by atoms with Gasteiger partial charge >= 0.3 is 0 Å². The van der Waals surface area contributed by atoms with Gasteiger partial charge in [-0.3, -0.25) is 0 Å². The fraction of sp³-hybridized carbons (Fsp3) is 0.429. The summed E-state index contributed by atoms with van der Waals surface area (Å²) >= 11 is 0. The maximum atomic E-state index is 3.53. The van der Waals surface area contributed by atoms with Crippen LogP contribution in [0.25, 0.3) is 10.9 Å². The molecule has 0 aliphatic heterocycles. The first kappa shape index (κ1) is 11.2. The topological polar surface area (TPSA) is 27.8 Å². The van der Waals surface area contributed by atoms with Gasteiger partial charge in [0.15, 0.2) is 0 Å². The summed E-state index contributed by atoms with van der Waals surface area (Å²) in [7, 11) is 0. The Labute approximate surface area is 97.1 Å². The molecule has 0 fully saturated rings. The van der Waals surface area contributed by atoms with Crippen LogP contribution in [0.1, 0.15) is 36.7 Å². The Bertz CT molecular complexity index is 458. The van der Waals surface area contributed by atoms with Crippen molar-refractivity contribution in [1.29, 1.82) is 0 Å². The first-order chi connectivity index (χ1) is 7.63. The molecule has 0 saturated carbocycles. The lowest BCUT2D eigenvalue weighted by molar-refractivity contribution is 0.587. The quantitative estimate of drug-likeness (QED) is 0.808. The molecule has 0 aliphatic rings. The number of aromatic nitrogens is 1. The first-order valence-corrected chi connectivity index (χ1v) is 5.95. The Hall–Kier alpha value is -1.28. The molecule has 0 radical (unpaired) electrons. The summed E-state index contributed by atoms with van der Waals surface area (Å²) in [5.74, 6) is 0. The molecule has 0 aliphatic carbocycles. The zero-order valence-electron chi connectivity index (χ0n) is 10.5. The average Bonchev–Trinajstić information content (AvgIpc) is 2.70. The van der Waals surface area contributed by atoms with E-state index >= 15 is 0 Å².